The number of carbonyl (C=O) groups excluding carboxylic acids is 2. The largest absolute Gasteiger partial charge is 0.391 e. The normalized spacial score (nSPS) is 13.3. The van der Waals surface area contributed by atoms with Crippen LogP contribution in [0.3, 0.4) is 0 Å². The Hall–Kier alpha value is -1.88. The quantitative estimate of drug-likeness (QED) is 0.720. The van der Waals surface area contributed by atoms with Gasteiger partial charge in [0.05, 0.1) is 6.10 Å². The molecule has 1 aromatic carbocycles. The first-order chi connectivity index (χ1) is 9.97. The second-order valence-electron chi connectivity index (χ2n) is 5.15. The van der Waals surface area contributed by atoms with Crippen LogP contribution in [0.4, 0.5) is 5.69 Å². The molecule has 0 aromatic heterocycles. The fourth-order valence-electron chi connectivity index (χ4n) is 1.76. The predicted octanol–water partition coefficient (Wildman–Crippen LogP) is 2.17. The third-order valence-corrected chi connectivity index (χ3v) is 3.50. The van der Waals surface area contributed by atoms with Crippen LogP contribution in [0.15, 0.2) is 24.3 Å². The molecule has 116 valence electrons. The summed E-state index contributed by atoms with van der Waals surface area (Å²) in [5.41, 5.74) is 1.05. The fourth-order valence-corrected chi connectivity index (χ4v) is 1.76. The molecule has 5 nitrogen and oxygen atoms in total. The molecule has 2 unspecified atom stereocenters. The van der Waals surface area contributed by atoms with Gasteiger partial charge < -0.3 is 15.7 Å². The average molecular weight is 292 g/mol. The Labute approximate surface area is 125 Å². The number of hydrogen-bond donors (Lipinski definition) is 3. The van der Waals surface area contributed by atoms with Gasteiger partial charge in [-0.25, -0.2) is 0 Å². The van der Waals surface area contributed by atoms with Crippen molar-refractivity contribution in [3.63, 3.8) is 0 Å². The van der Waals surface area contributed by atoms with Crippen molar-refractivity contribution in [3.05, 3.63) is 29.8 Å². The number of nitrogens with one attached hydrogen (secondary N) is 2. The third kappa shape index (κ3) is 5.55. The molecule has 0 heterocycles. The van der Waals surface area contributed by atoms with Gasteiger partial charge in [0.2, 0.25) is 5.91 Å². The zero-order chi connectivity index (χ0) is 15.8. The molecule has 21 heavy (non-hydrogen) atoms. The molecule has 0 aliphatic rings. The van der Waals surface area contributed by atoms with E-state index in [0.717, 1.165) is 6.42 Å². The molecule has 3 N–H and O–H groups in total. The van der Waals surface area contributed by atoms with Gasteiger partial charge in [-0.2, -0.15) is 0 Å². The summed E-state index contributed by atoms with van der Waals surface area (Å²) in [4.78, 5) is 23.4. The molecule has 0 bridgehead atoms. The third-order valence-electron chi connectivity index (χ3n) is 3.50. The lowest BCUT2D eigenvalue weighted by molar-refractivity contribution is -0.115. The van der Waals surface area contributed by atoms with Crippen LogP contribution in [-0.4, -0.2) is 29.6 Å². The van der Waals surface area contributed by atoms with E-state index in [-0.39, 0.29) is 24.3 Å². The minimum absolute atomic E-state index is 0.0975. The molecule has 5 heteroatoms. The van der Waals surface area contributed by atoms with E-state index < -0.39 is 6.10 Å². The number of rotatable bonds is 7. The number of aliphatic hydroxyl groups is 1. The fraction of sp³-hybridized carbons (Fsp3) is 0.500. The Balaban J connectivity index is 2.62. The monoisotopic (exact) mass is 292 g/mol. The van der Waals surface area contributed by atoms with Crippen molar-refractivity contribution in [3.8, 4) is 0 Å². The highest BCUT2D eigenvalue weighted by Gasteiger charge is 2.14. The summed E-state index contributed by atoms with van der Waals surface area (Å²) in [7, 11) is 0. The first kappa shape index (κ1) is 17.2. The summed E-state index contributed by atoms with van der Waals surface area (Å²) in [6, 6.07) is 6.74. The molecule has 0 radical (unpaired) electrons. The van der Waals surface area contributed by atoms with E-state index in [2.05, 4.69) is 10.6 Å². The van der Waals surface area contributed by atoms with Crippen LogP contribution in [-0.2, 0) is 4.79 Å². The van der Waals surface area contributed by atoms with E-state index in [1.807, 2.05) is 13.8 Å². The summed E-state index contributed by atoms with van der Waals surface area (Å²) in [6.45, 7) is 5.93. The van der Waals surface area contributed by atoms with Crippen LogP contribution in [0.1, 0.15) is 44.0 Å². The second kappa shape index (κ2) is 8.42. The van der Waals surface area contributed by atoms with Crippen LogP contribution in [0, 0.1) is 5.92 Å². The first-order valence-corrected chi connectivity index (χ1v) is 7.34. The number of anilines is 1. The Bertz CT molecular complexity index is 488. The SMILES string of the molecule is CCC(=O)Nc1cccc(C(=O)NCC(O)C(C)CC)c1. The Morgan fingerprint density at radius 3 is 2.62 bits per heavy atom. The van der Waals surface area contributed by atoms with Crippen molar-refractivity contribution >= 4 is 17.5 Å². The Kier molecular flexibility index (Phi) is 6.88. The summed E-state index contributed by atoms with van der Waals surface area (Å²) in [6.07, 6.45) is 0.689. The van der Waals surface area contributed by atoms with E-state index in [9.17, 15) is 14.7 Å². The van der Waals surface area contributed by atoms with Gasteiger partial charge in [-0.1, -0.05) is 33.3 Å². The number of carbonyl (C=O) groups is 2. The molecular formula is C16H24N2O3. The van der Waals surface area contributed by atoms with Crippen LogP contribution in [0.5, 0.6) is 0 Å². The van der Waals surface area contributed by atoms with Gasteiger partial charge >= 0.3 is 0 Å². The number of hydrogen-bond acceptors (Lipinski definition) is 3. The smallest absolute Gasteiger partial charge is 0.251 e. The summed E-state index contributed by atoms with van der Waals surface area (Å²) in [5.74, 6) is -0.217. The van der Waals surface area contributed by atoms with E-state index in [1.165, 1.54) is 0 Å². The van der Waals surface area contributed by atoms with Crippen molar-refractivity contribution in [2.75, 3.05) is 11.9 Å². The molecule has 2 amide bonds. The van der Waals surface area contributed by atoms with Crippen molar-refractivity contribution in [1.82, 2.24) is 5.32 Å². The summed E-state index contributed by atoms with van der Waals surface area (Å²) >= 11 is 0. The number of benzene rings is 1. The van der Waals surface area contributed by atoms with Gasteiger partial charge in [-0.15, -0.1) is 0 Å². The second-order valence-corrected chi connectivity index (χ2v) is 5.15. The molecular weight excluding hydrogens is 268 g/mol. The highest BCUT2D eigenvalue weighted by atomic mass is 16.3. The molecule has 0 saturated carbocycles. The van der Waals surface area contributed by atoms with Crippen molar-refractivity contribution in [2.45, 2.75) is 39.7 Å². The maximum Gasteiger partial charge on any atom is 0.251 e. The van der Waals surface area contributed by atoms with Crippen LogP contribution in [0.2, 0.25) is 0 Å². The maximum absolute atomic E-state index is 12.0. The lowest BCUT2D eigenvalue weighted by atomic mass is 10.0. The van der Waals surface area contributed by atoms with Gasteiger partial charge in [0, 0.05) is 24.2 Å². The van der Waals surface area contributed by atoms with Crippen molar-refractivity contribution in [2.24, 2.45) is 5.92 Å². The minimum atomic E-state index is -0.554. The highest BCUT2D eigenvalue weighted by Crippen LogP contribution is 2.11. The lowest BCUT2D eigenvalue weighted by Gasteiger charge is -2.17. The van der Waals surface area contributed by atoms with Crippen molar-refractivity contribution < 1.29 is 14.7 Å². The molecule has 0 aliphatic heterocycles. The first-order valence-electron chi connectivity index (χ1n) is 7.34. The Morgan fingerprint density at radius 2 is 2.00 bits per heavy atom. The maximum atomic E-state index is 12.0. The van der Waals surface area contributed by atoms with E-state index in [1.54, 1.807) is 31.2 Å². The van der Waals surface area contributed by atoms with Gasteiger partial charge in [0.15, 0.2) is 0 Å². The number of aliphatic hydroxyl groups excluding tert-OH is 1. The zero-order valence-electron chi connectivity index (χ0n) is 12.8. The van der Waals surface area contributed by atoms with E-state index >= 15 is 0 Å². The standard InChI is InChI=1S/C16H24N2O3/c1-4-11(3)14(19)10-17-16(21)12-7-6-8-13(9-12)18-15(20)5-2/h6-9,11,14,19H,4-5,10H2,1-3H3,(H,17,21)(H,18,20). The Morgan fingerprint density at radius 1 is 1.29 bits per heavy atom. The van der Waals surface area contributed by atoms with Gasteiger partial charge in [-0.3, -0.25) is 9.59 Å². The average Bonchev–Trinajstić information content (AvgIpc) is 2.51. The van der Waals surface area contributed by atoms with E-state index in [4.69, 9.17) is 0 Å². The lowest BCUT2D eigenvalue weighted by Crippen LogP contribution is -2.35. The van der Waals surface area contributed by atoms with Crippen molar-refractivity contribution in [1.29, 1.82) is 0 Å². The highest BCUT2D eigenvalue weighted by molar-refractivity contribution is 5.97. The van der Waals surface area contributed by atoms with Crippen LogP contribution >= 0.6 is 0 Å². The van der Waals surface area contributed by atoms with Gasteiger partial charge in [0.25, 0.3) is 5.91 Å². The predicted molar refractivity (Wildman–Crippen MR) is 83.2 cm³/mol. The zero-order valence-corrected chi connectivity index (χ0v) is 12.8. The van der Waals surface area contributed by atoms with Gasteiger partial charge in [-0.05, 0) is 24.1 Å². The van der Waals surface area contributed by atoms with Crippen LogP contribution in [0.25, 0.3) is 0 Å². The summed E-state index contributed by atoms with van der Waals surface area (Å²) < 4.78 is 0. The molecule has 1 aromatic rings. The van der Waals surface area contributed by atoms with Crippen LogP contribution < -0.4 is 10.6 Å². The molecule has 0 aliphatic carbocycles. The topological polar surface area (TPSA) is 78.4 Å². The molecule has 1 rings (SSSR count). The molecule has 0 spiro atoms. The number of amides is 2. The van der Waals surface area contributed by atoms with E-state index in [0.29, 0.717) is 17.7 Å². The summed E-state index contributed by atoms with van der Waals surface area (Å²) in [5, 5.41) is 15.3. The van der Waals surface area contributed by atoms with Gasteiger partial charge in [0.1, 0.15) is 0 Å². The molecule has 2 atom stereocenters. The minimum Gasteiger partial charge on any atom is -0.391 e. The molecule has 0 saturated heterocycles. The molecule has 0 fully saturated rings.